The predicted octanol–water partition coefficient (Wildman–Crippen LogP) is 1.81. The van der Waals surface area contributed by atoms with Crippen molar-refractivity contribution in [3.05, 3.63) is 36.2 Å². The van der Waals surface area contributed by atoms with Crippen molar-refractivity contribution in [1.29, 1.82) is 0 Å². The molecule has 3 aromatic heterocycles. The van der Waals surface area contributed by atoms with E-state index >= 15 is 0 Å². The molecule has 0 radical (unpaired) electrons. The van der Waals surface area contributed by atoms with Gasteiger partial charge in [-0.15, -0.1) is 10.2 Å². The summed E-state index contributed by atoms with van der Waals surface area (Å²) in [6.07, 6.45) is 3.35. The molecule has 4 rings (SSSR count). The predicted molar refractivity (Wildman–Crippen MR) is 131 cm³/mol. The van der Waals surface area contributed by atoms with Gasteiger partial charge in [0.25, 0.3) is 0 Å². The molecule has 0 aromatic carbocycles. The Labute approximate surface area is 219 Å². The van der Waals surface area contributed by atoms with Crippen LogP contribution < -0.4 is 14.2 Å². The summed E-state index contributed by atoms with van der Waals surface area (Å²) in [6, 6.07) is 0. The minimum Gasteiger partial charge on any atom is -0.479 e. The summed E-state index contributed by atoms with van der Waals surface area (Å²) in [4.78, 5) is 16.2. The first-order valence-corrected chi connectivity index (χ1v) is 13.4. The van der Waals surface area contributed by atoms with E-state index < -0.39 is 27.2 Å². The maximum atomic E-state index is 13.6. The first-order valence-electron chi connectivity index (χ1n) is 11.9. The normalized spacial score (nSPS) is 17.2. The van der Waals surface area contributed by atoms with Crippen LogP contribution in [0.3, 0.4) is 0 Å². The highest BCUT2D eigenvalue weighted by atomic mass is 32.2. The Balaban J connectivity index is 1.77. The van der Waals surface area contributed by atoms with Crippen LogP contribution in [0.4, 0.5) is 10.3 Å². The second kappa shape index (κ2) is 11.9. The maximum Gasteiger partial charge on any atom is 0.245 e. The second-order valence-electron chi connectivity index (χ2n) is 8.42. The fourth-order valence-electron chi connectivity index (χ4n) is 3.94. The number of nitrogens with one attached hydrogen (secondary N) is 1. The first kappa shape index (κ1) is 27.5. The number of hydrogen-bond acceptors (Lipinski definition) is 12. The van der Waals surface area contributed by atoms with Crippen LogP contribution >= 0.6 is 0 Å². The summed E-state index contributed by atoms with van der Waals surface area (Å²) in [7, 11) is -1.38. The zero-order valence-electron chi connectivity index (χ0n) is 21.4. The summed E-state index contributed by atoms with van der Waals surface area (Å²) in [6.45, 7) is 4.44. The lowest BCUT2D eigenvalue weighted by atomic mass is 10.1. The van der Waals surface area contributed by atoms with Gasteiger partial charge in [-0.3, -0.25) is 9.29 Å². The molecule has 0 amide bonds. The van der Waals surface area contributed by atoms with E-state index in [-0.39, 0.29) is 41.7 Å². The van der Waals surface area contributed by atoms with Crippen LogP contribution in [0.2, 0.25) is 0 Å². The Morgan fingerprint density at radius 2 is 1.84 bits per heavy atom. The number of rotatable bonds is 12. The van der Waals surface area contributed by atoms with Crippen molar-refractivity contribution in [2.24, 2.45) is 0 Å². The van der Waals surface area contributed by atoms with E-state index in [1.807, 2.05) is 6.92 Å². The quantitative estimate of drug-likeness (QED) is 0.347. The molecule has 3 atom stereocenters. The molecule has 0 spiro atoms. The molecule has 1 aliphatic rings. The molecule has 0 unspecified atom stereocenters. The number of nitrogens with zero attached hydrogens (tertiary/aromatic N) is 7. The lowest BCUT2D eigenvalue weighted by Crippen LogP contribution is -2.34. The lowest BCUT2D eigenvalue weighted by molar-refractivity contribution is 0.0465. The van der Waals surface area contributed by atoms with Crippen LogP contribution in [-0.4, -0.2) is 82.4 Å². The Morgan fingerprint density at radius 1 is 1.16 bits per heavy atom. The SMILES string of the molecule is CCCO[C@@H](c1ncc(F)cn1)[C@H](C)S(=O)(=O)Nc1nnc([C@@H]2CCOC2)n1-c1c(OC)ncnc1OC. The standard InChI is InChI=1S/C22H29FN8O6S/c1-5-7-37-17(18-24-9-15(23)10-25-18)13(2)38(32,33)30-22-29-28-19(14-6-8-36-11-14)31(22)16-20(34-3)26-12-27-21(16)35-4/h9-10,12-14,17H,5-8,11H2,1-4H3,(H,29,30)/t13-,14+,17+/m0/s1. The smallest absolute Gasteiger partial charge is 0.245 e. The van der Waals surface area contributed by atoms with Gasteiger partial charge in [0.2, 0.25) is 27.7 Å². The summed E-state index contributed by atoms with van der Waals surface area (Å²) in [5, 5.41) is 7.20. The van der Waals surface area contributed by atoms with Gasteiger partial charge in [-0.05, 0) is 19.8 Å². The summed E-state index contributed by atoms with van der Waals surface area (Å²) >= 11 is 0. The van der Waals surface area contributed by atoms with Crippen molar-refractivity contribution in [1.82, 2.24) is 34.7 Å². The van der Waals surface area contributed by atoms with Crippen molar-refractivity contribution in [3.63, 3.8) is 0 Å². The molecule has 3 aromatic rings. The number of methoxy groups -OCH3 is 2. The molecule has 206 valence electrons. The van der Waals surface area contributed by atoms with E-state index in [4.69, 9.17) is 18.9 Å². The molecule has 4 heterocycles. The highest BCUT2D eigenvalue weighted by Crippen LogP contribution is 2.36. The van der Waals surface area contributed by atoms with Gasteiger partial charge in [0.1, 0.15) is 23.5 Å². The number of hydrogen-bond donors (Lipinski definition) is 1. The van der Waals surface area contributed by atoms with Gasteiger partial charge >= 0.3 is 0 Å². The highest BCUT2D eigenvalue weighted by molar-refractivity contribution is 7.93. The number of anilines is 1. The van der Waals surface area contributed by atoms with Crippen molar-refractivity contribution in [2.75, 3.05) is 38.8 Å². The largest absolute Gasteiger partial charge is 0.479 e. The molecule has 1 N–H and O–H groups in total. The van der Waals surface area contributed by atoms with Crippen molar-refractivity contribution < 1.29 is 31.8 Å². The third kappa shape index (κ3) is 5.66. The molecule has 1 aliphatic heterocycles. The van der Waals surface area contributed by atoms with Crippen LogP contribution in [0, 0.1) is 5.82 Å². The molecule has 14 nitrogen and oxygen atoms in total. The molecule has 16 heteroatoms. The number of aromatic nitrogens is 7. The van der Waals surface area contributed by atoms with Crippen LogP contribution in [0.5, 0.6) is 11.8 Å². The summed E-state index contributed by atoms with van der Waals surface area (Å²) in [5.74, 6) is -0.285. The van der Waals surface area contributed by atoms with E-state index in [1.54, 1.807) is 0 Å². The molecule has 0 aliphatic carbocycles. The van der Waals surface area contributed by atoms with Crippen molar-refractivity contribution in [2.45, 2.75) is 44.0 Å². The Morgan fingerprint density at radius 3 is 2.42 bits per heavy atom. The third-order valence-electron chi connectivity index (χ3n) is 5.89. The summed E-state index contributed by atoms with van der Waals surface area (Å²) < 4.78 is 66.9. The average molecular weight is 553 g/mol. The van der Waals surface area contributed by atoms with Gasteiger partial charge in [0.05, 0.1) is 33.2 Å². The van der Waals surface area contributed by atoms with E-state index in [9.17, 15) is 12.8 Å². The maximum absolute atomic E-state index is 13.6. The number of sulfonamides is 1. The number of halogens is 1. The zero-order chi connectivity index (χ0) is 27.3. The Kier molecular flexibility index (Phi) is 8.63. The van der Waals surface area contributed by atoms with E-state index in [0.717, 1.165) is 12.4 Å². The van der Waals surface area contributed by atoms with Gasteiger partial charge in [-0.25, -0.2) is 22.8 Å². The second-order valence-corrected chi connectivity index (χ2v) is 10.5. The number of ether oxygens (including phenoxy) is 4. The zero-order valence-corrected chi connectivity index (χ0v) is 22.2. The van der Waals surface area contributed by atoms with Crippen molar-refractivity contribution >= 4 is 16.0 Å². The van der Waals surface area contributed by atoms with E-state index in [1.165, 1.54) is 32.0 Å². The monoisotopic (exact) mass is 552 g/mol. The van der Waals surface area contributed by atoms with Gasteiger partial charge in [-0.1, -0.05) is 6.92 Å². The minimum atomic E-state index is -4.21. The van der Waals surface area contributed by atoms with Crippen LogP contribution in [-0.2, 0) is 19.5 Å². The molecule has 38 heavy (non-hydrogen) atoms. The topological polar surface area (TPSA) is 165 Å². The van der Waals surface area contributed by atoms with Gasteiger partial charge in [0.15, 0.2) is 17.3 Å². The molecule has 0 bridgehead atoms. The van der Waals surface area contributed by atoms with Crippen LogP contribution in [0.15, 0.2) is 18.7 Å². The molecule has 1 fully saturated rings. The van der Waals surface area contributed by atoms with Gasteiger partial charge < -0.3 is 18.9 Å². The minimum absolute atomic E-state index is 0.0304. The fraction of sp³-hybridized carbons (Fsp3) is 0.545. The molecule has 1 saturated heterocycles. The van der Waals surface area contributed by atoms with Crippen molar-refractivity contribution in [3.8, 4) is 17.4 Å². The molecular weight excluding hydrogens is 523 g/mol. The third-order valence-corrected chi connectivity index (χ3v) is 7.59. The highest BCUT2D eigenvalue weighted by Gasteiger charge is 2.37. The van der Waals surface area contributed by atoms with E-state index in [2.05, 4.69) is 34.9 Å². The van der Waals surface area contributed by atoms with Gasteiger partial charge in [0, 0.05) is 19.1 Å². The Bertz CT molecular complexity index is 1310. The fourth-order valence-corrected chi connectivity index (χ4v) is 5.04. The molecule has 0 saturated carbocycles. The average Bonchev–Trinajstić information content (AvgIpc) is 3.59. The van der Waals surface area contributed by atoms with Gasteiger partial charge in [-0.2, -0.15) is 9.97 Å². The van der Waals surface area contributed by atoms with Crippen LogP contribution in [0.25, 0.3) is 5.69 Å². The van der Waals surface area contributed by atoms with Crippen LogP contribution in [0.1, 0.15) is 50.4 Å². The first-order chi connectivity index (χ1) is 18.3. The molecular formula is C22H29FN8O6S. The Hall–Kier alpha value is -3.50. The lowest BCUT2D eigenvalue weighted by Gasteiger charge is -2.24. The van der Waals surface area contributed by atoms with E-state index in [0.29, 0.717) is 31.9 Å². The summed E-state index contributed by atoms with van der Waals surface area (Å²) in [5.41, 5.74) is 0.218.